The SMILES string of the molecule is CCCC(=O)CCc1ccc(F)cc1Br. The molecule has 0 N–H and O–H groups in total. The van der Waals surface area contributed by atoms with Gasteiger partial charge in [0.1, 0.15) is 11.6 Å². The molecule has 0 fully saturated rings. The van der Waals surface area contributed by atoms with Crippen molar-refractivity contribution < 1.29 is 9.18 Å². The lowest BCUT2D eigenvalue weighted by molar-refractivity contribution is -0.119. The fraction of sp³-hybridized carbons (Fsp3) is 0.417. The molecule has 0 bridgehead atoms. The second-order valence-corrected chi connectivity index (χ2v) is 4.38. The van der Waals surface area contributed by atoms with E-state index in [9.17, 15) is 9.18 Å². The maximum Gasteiger partial charge on any atom is 0.133 e. The molecule has 0 amide bonds. The van der Waals surface area contributed by atoms with Crippen LogP contribution in [0.1, 0.15) is 31.7 Å². The monoisotopic (exact) mass is 272 g/mol. The van der Waals surface area contributed by atoms with Gasteiger partial charge in [-0.1, -0.05) is 28.9 Å². The first-order chi connectivity index (χ1) is 7.13. The van der Waals surface area contributed by atoms with Gasteiger partial charge in [0, 0.05) is 17.3 Å². The summed E-state index contributed by atoms with van der Waals surface area (Å²) in [7, 11) is 0. The van der Waals surface area contributed by atoms with E-state index in [1.165, 1.54) is 12.1 Å². The van der Waals surface area contributed by atoms with Gasteiger partial charge in [-0.25, -0.2) is 4.39 Å². The molecule has 1 aromatic rings. The van der Waals surface area contributed by atoms with Crippen molar-refractivity contribution in [3.8, 4) is 0 Å². The Morgan fingerprint density at radius 2 is 2.13 bits per heavy atom. The molecule has 1 nitrogen and oxygen atoms in total. The van der Waals surface area contributed by atoms with E-state index < -0.39 is 0 Å². The Morgan fingerprint density at radius 3 is 2.73 bits per heavy atom. The van der Waals surface area contributed by atoms with Crippen LogP contribution in [0.25, 0.3) is 0 Å². The molecule has 15 heavy (non-hydrogen) atoms. The molecule has 0 radical (unpaired) electrons. The summed E-state index contributed by atoms with van der Waals surface area (Å²) in [5.41, 5.74) is 0.987. The first kappa shape index (κ1) is 12.4. The zero-order valence-corrected chi connectivity index (χ0v) is 10.3. The van der Waals surface area contributed by atoms with Crippen LogP contribution in [0.4, 0.5) is 4.39 Å². The van der Waals surface area contributed by atoms with Crippen molar-refractivity contribution in [2.75, 3.05) is 0 Å². The van der Waals surface area contributed by atoms with Crippen molar-refractivity contribution in [1.82, 2.24) is 0 Å². The van der Waals surface area contributed by atoms with E-state index in [0.717, 1.165) is 16.5 Å². The third-order valence-electron chi connectivity index (χ3n) is 2.22. The van der Waals surface area contributed by atoms with Crippen LogP contribution in [-0.4, -0.2) is 5.78 Å². The van der Waals surface area contributed by atoms with Crippen LogP contribution in [0, 0.1) is 5.82 Å². The van der Waals surface area contributed by atoms with Gasteiger partial charge in [-0.2, -0.15) is 0 Å². The van der Waals surface area contributed by atoms with Crippen molar-refractivity contribution >= 4 is 21.7 Å². The molecule has 82 valence electrons. The van der Waals surface area contributed by atoms with Crippen molar-refractivity contribution in [3.05, 3.63) is 34.1 Å². The lowest BCUT2D eigenvalue weighted by Crippen LogP contribution is -1.99. The van der Waals surface area contributed by atoms with E-state index >= 15 is 0 Å². The Hall–Kier alpha value is -0.700. The maximum absolute atomic E-state index is 12.8. The summed E-state index contributed by atoms with van der Waals surface area (Å²) in [6.07, 6.45) is 2.75. The van der Waals surface area contributed by atoms with Crippen LogP contribution in [-0.2, 0) is 11.2 Å². The summed E-state index contributed by atoms with van der Waals surface area (Å²) in [5.74, 6) is 0.0132. The molecule has 0 aliphatic carbocycles. The molecule has 1 rings (SSSR count). The lowest BCUT2D eigenvalue weighted by atomic mass is 10.1. The van der Waals surface area contributed by atoms with E-state index in [2.05, 4.69) is 15.9 Å². The zero-order valence-electron chi connectivity index (χ0n) is 8.72. The predicted octanol–water partition coefficient (Wildman–Crippen LogP) is 3.89. The molecule has 0 atom stereocenters. The number of ketones is 1. The molecule has 0 aromatic heterocycles. The molecule has 0 heterocycles. The fourth-order valence-electron chi connectivity index (χ4n) is 1.40. The van der Waals surface area contributed by atoms with Gasteiger partial charge >= 0.3 is 0 Å². The number of rotatable bonds is 5. The standard InChI is InChI=1S/C12H14BrFO/c1-2-3-11(15)7-5-9-4-6-10(14)8-12(9)13/h4,6,8H,2-3,5,7H2,1H3. The molecule has 0 aliphatic heterocycles. The first-order valence-electron chi connectivity index (χ1n) is 5.09. The lowest BCUT2D eigenvalue weighted by Gasteiger charge is -2.03. The topological polar surface area (TPSA) is 17.1 Å². The average molecular weight is 273 g/mol. The van der Waals surface area contributed by atoms with Crippen molar-refractivity contribution in [3.63, 3.8) is 0 Å². The van der Waals surface area contributed by atoms with Gasteiger partial charge in [-0.05, 0) is 30.5 Å². The van der Waals surface area contributed by atoms with E-state index in [1.54, 1.807) is 6.07 Å². The van der Waals surface area contributed by atoms with Gasteiger partial charge < -0.3 is 0 Å². The minimum atomic E-state index is -0.259. The Bertz CT molecular complexity index is 349. The first-order valence-corrected chi connectivity index (χ1v) is 5.88. The number of carbonyl (C=O) groups excluding carboxylic acids is 1. The van der Waals surface area contributed by atoms with Gasteiger partial charge in [0.05, 0.1) is 0 Å². The van der Waals surface area contributed by atoms with Crippen LogP contribution in [0.2, 0.25) is 0 Å². The number of carbonyl (C=O) groups is 1. The van der Waals surface area contributed by atoms with Gasteiger partial charge in [0.25, 0.3) is 0 Å². The van der Waals surface area contributed by atoms with Crippen LogP contribution in [0.5, 0.6) is 0 Å². The summed E-state index contributed by atoms with van der Waals surface area (Å²) < 4.78 is 13.5. The fourth-order valence-corrected chi connectivity index (χ4v) is 1.95. The molecule has 0 saturated heterocycles. The van der Waals surface area contributed by atoms with Gasteiger partial charge in [-0.3, -0.25) is 4.79 Å². The van der Waals surface area contributed by atoms with Crippen molar-refractivity contribution in [2.24, 2.45) is 0 Å². The molecule has 3 heteroatoms. The zero-order chi connectivity index (χ0) is 11.3. The Morgan fingerprint density at radius 1 is 1.40 bits per heavy atom. The molecule has 0 aliphatic rings. The highest BCUT2D eigenvalue weighted by atomic mass is 79.9. The van der Waals surface area contributed by atoms with E-state index in [1.807, 2.05) is 6.92 Å². The van der Waals surface area contributed by atoms with Crippen LogP contribution in [0.15, 0.2) is 22.7 Å². The number of hydrogen-bond acceptors (Lipinski definition) is 1. The highest BCUT2D eigenvalue weighted by Crippen LogP contribution is 2.19. The largest absolute Gasteiger partial charge is 0.300 e. The molecular weight excluding hydrogens is 259 g/mol. The quantitative estimate of drug-likeness (QED) is 0.795. The second-order valence-electron chi connectivity index (χ2n) is 3.52. The van der Waals surface area contributed by atoms with Crippen LogP contribution < -0.4 is 0 Å². The Labute approximate surface area is 97.8 Å². The average Bonchev–Trinajstić information content (AvgIpc) is 2.17. The Kier molecular flexibility index (Phi) is 4.95. The maximum atomic E-state index is 12.8. The summed E-state index contributed by atoms with van der Waals surface area (Å²) in [4.78, 5) is 11.3. The van der Waals surface area contributed by atoms with Crippen LogP contribution >= 0.6 is 15.9 Å². The minimum absolute atomic E-state index is 0.259. The van der Waals surface area contributed by atoms with E-state index in [0.29, 0.717) is 19.3 Å². The van der Waals surface area contributed by atoms with Crippen molar-refractivity contribution in [2.45, 2.75) is 32.6 Å². The molecule has 1 aromatic carbocycles. The molecule has 0 saturated carbocycles. The second kappa shape index (κ2) is 6.01. The number of halogens is 2. The highest BCUT2D eigenvalue weighted by Gasteiger charge is 2.05. The third kappa shape index (κ3) is 4.12. The Balaban J connectivity index is 2.54. The summed E-state index contributed by atoms with van der Waals surface area (Å²) in [5, 5.41) is 0. The highest BCUT2D eigenvalue weighted by molar-refractivity contribution is 9.10. The van der Waals surface area contributed by atoms with Crippen LogP contribution in [0.3, 0.4) is 0 Å². The minimum Gasteiger partial charge on any atom is -0.300 e. The number of Topliss-reactive ketones (excluding diaryl/α,β-unsaturated/α-hetero) is 1. The summed E-state index contributed by atoms with van der Waals surface area (Å²) in [6, 6.07) is 4.57. The smallest absolute Gasteiger partial charge is 0.133 e. The van der Waals surface area contributed by atoms with E-state index in [-0.39, 0.29) is 11.6 Å². The molecular formula is C12H14BrFO. The third-order valence-corrected chi connectivity index (χ3v) is 2.96. The summed E-state index contributed by atoms with van der Waals surface area (Å²) >= 11 is 3.28. The molecule has 0 unspecified atom stereocenters. The predicted molar refractivity (Wildman–Crippen MR) is 62.3 cm³/mol. The van der Waals surface area contributed by atoms with E-state index in [4.69, 9.17) is 0 Å². The van der Waals surface area contributed by atoms with Gasteiger partial charge in [-0.15, -0.1) is 0 Å². The number of benzene rings is 1. The normalized spacial score (nSPS) is 10.3. The molecule has 0 spiro atoms. The number of aryl methyl sites for hydroxylation is 1. The van der Waals surface area contributed by atoms with Crippen molar-refractivity contribution in [1.29, 1.82) is 0 Å². The number of hydrogen-bond donors (Lipinski definition) is 0. The summed E-state index contributed by atoms with van der Waals surface area (Å²) in [6.45, 7) is 1.99. The van der Waals surface area contributed by atoms with Gasteiger partial charge in [0.15, 0.2) is 0 Å². The van der Waals surface area contributed by atoms with Gasteiger partial charge in [0.2, 0.25) is 0 Å².